The summed E-state index contributed by atoms with van der Waals surface area (Å²) in [6.45, 7) is 2.16. The standard InChI is InChI=1S/C21H23F3N6O2/c1-14-18(19(31)30(27(14)2)15-7-4-3-5-8-15)26-20(32)28-12-6-9-16(13-28)29-17(10-11-25-29)21(22,23)24/h3-5,7-8,10-11,16H,6,9,12-13H2,1-2H3,(H,26,32)/t16-/m0/s1. The van der Waals surface area contributed by atoms with Crippen LogP contribution in [0.2, 0.25) is 0 Å². The van der Waals surface area contributed by atoms with E-state index in [1.165, 1.54) is 9.58 Å². The Bertz CT molecular complexity index is 1180. The molecule has 2 amide bonds. The molecular weight excluding hydrogens is 425 g/mol. The number of alkyl halides is 3. The van der Waals surface area contributed by atoms with Gasteiger partial charge in [-0.05, 0) is 38.0 Å². The number of anilines is 1. The number of amides is 2. The first-order valence-electron chi connectivity index (χ1n) is 10.2. The first-order chi connectivity index (χ1) is 15.2. The maximum absolute atomic E-state index is 13.3. The zero-order valence-electron chi connectivity index (χ0n) is 17.6. The molecule has 0 aliphatic carbocycles. The molecule has 1 aromatic carbocycles. The molecule has 4 rings (SSSR count). The van der Waals surface area contributed by atoms with Gasteiger partial charge in [-0.15, -0.1) is 0 Å². The average molecular weight is 448 g/mol. The van der Waals surface area contributed by atoms with E-state index in [1.54, 1.807) is 42.9 Å². The Hall–Kier alpha value is -3.50. The van der Waals surface area contributed by atoms with Crippen molar-refractivity contribution in [1.29, 1.82) is 0 Å². The van der Waals surface area contributed by atoms with Crippen molar-refractivity contribution in [3.05, 3.63) is 64.3 Å². The highest BCUT2D eigenvalue weighted by molar-refractivity contribution is 5.90. The Labute approximate surface area is 181 Å². The number of likely N-dealkylation sites (tertiary alicyclic amines) is 1. The zero-order valence-corrected chi connectivity index (χ0v) is 17.6. The second-order valence-electron chi connectivity index (χ2n) is 7.77. The van der Waals surface area contributed by atoms with Crippen molar-refractivity contribution >= 4 is 11.7 Å². The molecule has 1 aliphatic heterocycles. The number of benzene rings is 1. The van der Waals surface area contributed by atoms with Crippen LogP contribution in [0, 0.1) is 6.92 Å². The molecule has 3 aromatic rings. The van der Waals surface area contributed by atoms with E-state index in [4.69, 9.17) is 0 Å². The second kappa shape index (κ2) is 8.21. The number of carbonyl (C=O) groups excluding carboxylic acids is 1. The minimum absolute atomic E-state index is 0.0648. The lowest BCUT2D eigenvalue weighted by Crippen LogP contribution is -2.44. The van der Waals surface area contributed by atoms with Gasteiger partial charge in [-0.3, -0.25) is 14.2 Å². The van der Waals surface area contributed by atoms with Gasteiger partial charge in [0.2, 0.25) is 0 Å². The highest BCUT2D eigenvalue weighted by atomic mass is 19.4. The predicted octanol–water partition coefficient (Wildman–Crippen LogP) is 3.57. The van der Waals surface area contributed by atoms with Gasteiger partial charge in [-0.2, -0.15) is 18.3 Å². The van der Waals surface area contributed by atoms with Crippen molar-refractivity contribution in [2.24, 2.45) is 7.05 Å². The van der Waals surface area contributed by atoms with E-state index >= 15 is 0 Å². The minimum atomic E-state index is -4.52. The zero-order chi connectivity index (χ0) is 23.0. The van der Waals surface area contributed by atoms with Crippen LogP contribution >= 0.6 is 0 Å². The van der Waals surface area contributed by atoms with E-state index in [0.717, 1.165) is 16.9 Å². The highest BCUT2D eigenvalue weighted by Gasteiger charge is 2.38. The molecule has 170 valence electrons. The normalized spacial score (nSPS) is 16.9. The fourth-order valence-corrected chi connectivity index (χ4v) is 4.07. The lowest BCUT2D eigenvalue weighted by atomic mass is 10.1. The number of hydrogen-bond donors (Lipinski definition) is 1. The topological polar surface area (TPSA) is 77.1 Å². The molecule has 32 heavy (non-hydrogen) atoms. The molecule has 2 aromatic heterocycles. The lowest BCUT2D eigenvalue weighted by molar-refractivity contribution is -0.145. The Morgan fingerprint density at radius 3 is 2.59 bits per heavy atom. The van der Waals surface area contributed by atoms with Gasteiger partial charge in [0.15, 0.2) is 0 Å². The summed E-state index contributed by atoms with van der Waals surface area (Å²) in [5.41, 5.74) is 0.129. The Balaban J connectivity index is 1.55. The number of urea groups is 1. The third-order valence-corrected chi connectivity index (χ3v) is 5.78. The van der Waals surface area contributed by atoms with Crippen molar-refractivity contribution in [3.63, 3.8) is 0 Å². The predicted molar refractivity (Wildman–Crippen MR) is 112 cm³/mol. The van der Waals surface area contributed by atoms with Crippen LogP contribution in [0.4, 0.5) is 23.7 Å². The number of piperidine rings is 1. The number of aromatic nitrogens is 4. The summed E-state index contributed by atoms with van der Waals surface area (Å²) in [6.07, 6.45) is -2.41. The van der Waals surface area contributed by atoms with Crippen LogP contribution in [0.3, 0.4) is 0 Å². The van der Waals surface area contributed by atoms with Crippen LogP contribution in [0.25, 0.3) is 5.69 Å². The van der Waals surface area contributed by atoms with E-state index < -0.39 is 23.9 Å². The van der Waals surface area contributed by atoms with Gasteiger partial charge in [0, 0.05) is 26.3 Å². The number of carbonyl (C=O) groups is 1. The van der Waals surface area contributed by atoms with Crippen LogP contribution in [-0.4, -0.2) is 43.2 Å². The van der Waals surface area contributed by atoms with Gasteiger partial charge in [-0.25, -0.2) is 9.48 Å². The van der Waals surface area contributed by atoms with E-state index in [2.05, 4.69) is 10.4 Å². The van der Waals surface area contributed by atoms with E-state index in [9.17, 15) is 22.8 Å². The Kier molecular flexibility index (Phi) is 5.57. The summed E-state index contributed by atoms with van der Waals surface area (Å²) in [5, 5.41) is 6.51. The molecule has 0 bridgehead atoms. The SMILES string of the molecule is Cc1c(NC(=O)N2CCC[C@H](n3nccc3C(F)(F)F)C2)c(=O)n(-c2ccccc2)n1C. The lowest BCUT2D eigenvalue weighted by Gasteiger charge is -2.33. The molecule has 11 heteroatoms. The third-order valence-electron chi connectivity index (χ3n) is 5.78. The maximum atomic E-state index is 13.3. The number of nitrogens with zero attached hydrogens (tertiary/aromatic N) is 5. The molecular formula is C21H23F3N6O2. The molecule has 0 saturated carbocycles. The fraction of sp³-hybridized carbons (Fsp3) is 0.381. The molecule has 3 heterocycles. The van der Waals surface area contributed by atoms with Gasteiger partial charge in [-0.1, -0.05) is 18.2 Å². The van der Waals surface area contributed by atoms with Gasteiger partial charge in [0.05, 0.1) is 17.4 Å². The molecule has 8 nitrogen and oxygen atoms in total. The molecule has 1 aliphatic rings. The van der Waals surface area contributed by atoms with Crippen LogP contribution in [0.1, 0.15) is 30.3 Å². The van der Waals surface area contributed by atoms with Gasteiger partial charge in [0.1, 0.15) is 11.4 Å². The van der Waals surface area contributed by atoms with Crippen molar-refractivity contribution in [1.82, 2.24) is 24.0 Å². The molecule has 1 N–H and O–H groups in total. The number of hydrogen-bond acceptors (Lipinski definition) is 3. The summed E-state index contributed by atoms with van der Waals surface area (Å²) in [6, 6.07) is 8.82. The van der Waals surface area contributed by atoms with Gasteiger partial charge >= 0.3 is 12.2 Å². The van der Waals surface area contributed by atoms with Crippen LogP contribution in [-0.2, 0) is 13.2 Å². The molecule has 1 fully saturated rings. The number of nitrogens with one attached hydrogen (secondary N) is 1. The van der Waals surface area contributed by atoms with Crippen molar-refractivity contribution in [2.75, 3.05) is 18.4 Å². The van der Waals surface area contributed by atoms with E-state index in [1.807, 2.05) is 6.07 Å². The largest absolute Gasteiger partial charge is 0.433 e. The van der Waals surface area contributed by atoms with Crippen LogP contribution in [0.5, 0.6) is 0 Å². The first-order valence-corrected chi connectivity index (χ1v) is 10.2. The number of rotatable bonds is 3. The van der Waals surface area contributed by atoms with Crippen LogP contribution < -0.4 is 10.9 Å². The van der Waals surface area contributed by atoms with E-state index in [0.29, 0.717) is 30.8 Å². The highest BCUT2D eigenvalue weighted by Crippen LogP contribution is 2.33. The van der Waals surface area contributed by atoms with Crippen molar-refractivity contribution < 1.29 is 18.0 Å². The maximum Gasteiger partial charge on any atom is 0.433 e. The summed E-state index contributed by atoms with van der Waals surface area (Å²) >= 11 is 0. The third kappa shape index (κ3) is 3.90. The van der Waals surface area contributed by atoms with Crippen molar-refractivity contribution in [3.8, 4) is 5.69 Å². The Morgan fingerprint density at radius 1 is 1.19 bits per heavy atom. The molecule has 1 atom stereocenters. The monoisotopic (exact) mass is 448 g/mol. The quantitative estimate of drug-likeness (QED) is 0.666. The second-order valence-corrected chi connectivity index (χ2v) is 7.77. The average Bonchev–Trinajstić information content (AvgIpc) is 3.35. The number of halogens is 3. The molecule has 0 radical (unpaired) electrons. The minimum Gasteiger partial charge on any atom is -0.322 e. The smallest absolute Gasteiger partial charge is 0.322 e. The molecule has 0 unspecified atom stereocenters. The summed E-state index contributed by atoms with van der Waals surface area (Å²) in [5.74, 6) is 0. The molecule has 1 saturated heterocycles. The fourth-order valence-electron chi connectivity index (χ4n) is 4.07. The van der Waals surface area contributed by atoms with Crippen molar-refractivity contribution in [2.45, 2.75) is 32.0 Å². The van der Waals surface area contributed by atoms with E-state index in [-0.39, 0.29) is 17.8 Å². The summed E-state index contributed by atoms with van der Waals surface area (Å²) < 4.78 is 43.8. The first kappa shape index (κ1) is 21.7. The summed E-state index contributed by atoms with van der Waals surface area (Å²) in [7, 11) is 1.71. The van der Waals surface area contributed by atoms with Crippen LogP contribution in [0.15, 0.2) is 47.4 Å². The Morgan fingerprint density at radius 2 is 1.91 bits per heavy atom. The van der Waals surface area contributed by atoms with Gasteiger partial charge in [0.25, 0.3) is 5.56 Å². The van der Waals surface area contributed by atoms with Gasteiger partial charge < -0.3 is 10.2 Å². The summed E-state index contributed by atoms with van der Waals surface area (Å²) in [4.78, 5) is 27.4. The number of para-hydroxylation sites is 1. The molecule has 0 spiro atoms.